The number of furan rings is 1. The molecule has 1 N–H and O–H groups in total. The second-order valence-electron chi connectivity index (χ2n) is 4.75. The Bertz CT molecular complexity index is 764. The van der Waals surface area contributed by atoms with Crippen molar-refractivity contribution in [3.63, 3.8) is 0 Å². The molecule has 0 atom stereocenters. The first-order valence-electron chi connectivity index (χ1n) is 6.84. The van der Waals surface area contributed by atoms with Crippen molar-refractivity contribution < 1.29 is 13.9 Å². The third-order valence-corrected chi connectivity index (χ3v) is 3.44. The van der Waals surface area contributed by atoms with E-state index in [1.165, 1.54) is 0 Å². The molecule has 1 heterocycles. The lowest BCUT2D eigenvalue weighted by molar-refractivity contribution is -0.123. The Morgan fingerprint density at radius 1 is 1.14 bits per heavy atom. The topological polar surface area (TPSA) is 51.5 Å². The molecular formula is C17H14ClNO3. The zero-order chi connectivity index (χ0) is 15.4. The third-order valence-electron chi connectivity index (χ3n) is 3.13. The molecule has 112 valence electrons. The first-order valence-corrected chi connectivity index (χ1v) is 7.21. The maximum absolute atomic E-state index is 11.8. The van der Waals surface area contributed by atoms with Crippen LogP contribution in [0.15, 0.2) is 59.0 Å². The minimum Gasteiger partial charge on any atom is -0.482 e. The quantitative estimate of drug-likeness (QED) is 0.779. The number of halogens is 1. The number of hydrogen-bond acceptors (Lipinski definition) is 3. The minimum absolute atomic E-state index is 0.0933. The van der Waals surface area contributed by atoms with Crippen molar-refractivity contribution in [2.75, 3.05) is 6.61 Å². The van der Waals surface area contributed by atoms with Gasteiger partial charge in [0, 0.05) is 5.39 Å². The predicted molar refractivity (Wildman–Crippen MR) is 85.0 cm³/mol. The molecule has 0 bridgehead atoms. The van der Waals surface area contributed by atoms with E-state index in [0.717, 1.165) is 11.0 Å². The van der Waals surface area contributed by atoms with Gasteiger partial charge in [0.2, 0.25) is 0 Å². The predicted octanol–water partition coefficient (Wildman–Crippen LogP) is 3.78. The van der Waals surface area contributed by atoms with Crippen LogP contribution in [0, 0.1) is 0 Å². The molecule has 0 spiro atoms. The van der Waals surface area contributed by atoms with Crippen molar-refractivity contribution in [1.29, 1.82) is 0 Å². The molecule has 1 amide bonds. The summed E-state index contributed by atoms with van der Waals surface area (Å²) >= 11 is 5.95. The maximum Gasteiger partial charge on any atom is 0.258 e. The standard InChI is InChI=1S/C17H14ClNO3/c18-14-6-2-4-8-16(14)21-11-17(20)19-10-13-9-12-5-1-3-7-15(12)22-13/h1-9H,10-11H2,(H,19,20). The molecule has 4 nitrogen and oxygen atoms in total. The van der Waals surface area contributed by atoms with Gasteiger partial charge in [-0.1, -0.05) is 41.9 Å². The van der Waals surface area contributed by atoms with Gasteiger partial charge in [-0.15, -0.1) is 0 Å². The summed E-state index contributed by atoms with van der Waals surface area (Å²) in [4.78, 5) is 11.8. The summed E-state index contributed by atoms with van der Waals surface area (Å²) in [6.45, 7) is 0.226. The van der Waals surface area contributed by atoms with Crippen molar-refractivity contribution in [1.82, 2.24) is 5.32 Å². The molecule has 0 radical (unpaired) electrons. The number of rotatable bonds is 5. The van der Waals surface area contributed by atoms with Crippen LogP contribution in [-0.4, -0.2) is 12.5 Å². The molecule has 0 saturated carbocycles. The Morgan fingerprint density at radius 2 is 1.91 bits per heavy atom. The molecule has 2 aromatic carbocycles. The van der Waals surface area contributed by atoms with Crippen LogP contribution in [0.25, 0.3) is 11.0 Å². The lowest BCUT2D eigenvalue weighted by Gasteiger charge is -2.07. The number of nitrogens with one attached hydrogen (secondary N) is 1. The van der Waals surface area contributed by atoms with Gasteiger partial charge in [0.25, 0.3) is 5.91 Å². The highest BCUT2D eigenvalue weighted by Gasteiger charge is 2.07. The number of hydrogen-bond donors (Lipinski definition) is 1. The highest BCUT2D eigenvalue weighted by molar-refractivity contribution is 6.32. The van der Waals surface area contributed by atoms with E-state index < -0.39 is 0 Å². The van der Waals surface area contributed by atoms with Gasteiger partial charge < -0.3 is 14.5 Å². The van der Waals surface area contributed by atoms with Gasteiger partial charge in [-0.3, -0.25) is 4.79 Å². The molecule has 3 aromatic rings. The van der Waals surface area contributed by atoms with E-state index in [9.17, 15) is 4.79 Å². The molecular weight excluding hydrogens is 302 g/mol. The lowest BCUT2D eigenvalue weighted by atomic mass is 10.2. The summed E-state index contributed by atoms with van der Waals surface area (Å²) in [6, 6.07) is 16.6. The highest BCUT2D eigenvalue weighted by atomic mass is 35.5. The van der Waals surface area contributed by atoms with Crippen LogP contribution < -0.4 is 10.1 Å². The van der Waals surface area contributed by atoms with E-state index in [2.05, 4.69) is 5.32 Å². The first-order chi connectivity index (χ1) is 10.7. The molecule has 22 heavy (non-hydrogen) atoms. The monoisotopic (exact) mass is 315 g/mol. The van der Waals surface area contributed by atoms with Gasteiger partial charge in [0.15, 0.2) is 6.61 Å². The van der Waals surface area contributed by atoms with Crippen molar-refractivity contribution in [3.8, 4) is 5.75 Å². The van der Waals surface area contributed by atoms with Gasteiger partial charge in [-0.05, 0) is 24.3 Å². The number of carbonyl (C=O) groups is 1. The molecule has 1 aromatic heterocycles. The molecule has 5 heteroatoms. The molecule has 3 rings (SSSR count). The lowest BCUT2D eigenvalue weighted by Crippen LogP contribution is -2.28. The van der Waals surface area contributed by atoms with Crippen molar-refractivity contribution in [2.45, 2.75) is 6.54 Å². The molecule has 0 saturated heterocycles. The zero-order valence-electron chi connectivity index (χ0n) is 11.7. The zero-order valence-corrected chi connectivity index (χ0v) is 12.5. The van der Waals surface area contributed by atoms with Crippen molar-refractivity contribution >= 4 is 28.5 Å². The summed E-state index contributed by atoms with van der Waals surface area (Å²) in [5.41, 5.74) is 0.805. The van der Waals surface area contributed by atoms with Gasteiger partial charge >= 0.3 is 0 Å². The second-order valence-corrected chi connectivity index (χ2v) is 5.15. The minimum atomic E-state index is -0.236. The van der Waals surface area contributed by atoms with E-state index in [4.69, 9.17) is 20.8 Å². The molecule has 0 unspecified atom stereocenters. The molecule has 0 aliphatic heterocycles. The van der Waals surface area contributed by atoms with Crippen molar-refractivity contribution in [3.05, 3.63) is 65.4 Å². The molecule has 0 aliphatic carbocycles. The third kappa shape index (κ3) is 3.40. The SMILES string of the molecule is O=C(COc1ccccc1Cl)NCc1cc2ccccc2o1. The van der Waals surface area contributed by atoms with E-state index in [1.807, 2.05) is 30.3 Å². The van der Waals surface area contributed by atoms with Crippen LogP contribution in [0.1, 0.15) is 5.76 Å². The Morgan fingerprint density at radius 3 is 2.73 bits per heavy atom. The average Bonchev–Trinajstić information content (AvgIpc) is 2.95. The van der Waals surface area contributed by atoms with Gasteiger partial charge in [-0.2, -0.15) is 0 Å². The van der Waals surface area contributed by atoms with Crippen LogP contribution >= 0.6 is 11.6 Å². The van der Waals surface area contributed by atoms with E-state index in [1.54, 1.807) is 24.3 Å². The number of amides is 1. The normalized spacial score (nSPS) is 10.6. The summed E-state index contributed by atoms with van der Waals surface area (Å²) in [5.74, 6) is 0.954. The molecule has 0 aliphatic rings. The maximum atomic E-state index is 11.8. The largest absolute Gasteiger partial charge is 0.482 e. The van der Waals surface area contributed by atoms with Gasteiger partial charge in [0.1, 0.15) is 17.1 Å². The van der Waals surface area contributed by atoms with E-state index in [0.29, 0.717) is 23.1 Å². The van der Waals surface area contributed by atoms with Crippen LogP contribution in [-0.2, 0) is 11.3 Å². The fraction of sp³-hybridized carbons (Fsp3) is 0.118. The average molecular weight is 316 g/mol. The fourth-order valence-corrected chi connectivity index (χ4v) is 2.26. The van der Waals surface area contributed by atoms with Gasteiger partial charge in [-0.25, -0.2) is 0 Å². The Hall–Kier alpha value is -2.46. The summed E-state index contributed by atoms with van der Waals surface area (Å²) in [6.07, 6.45) is 0. The molecule has 0 fully saturated rings. The second kappa shape index (κ2) is 6.54. The summed E-state index contributed by atoms with van der Waals surface area (Å²) in [5, 5.41) is 4.24. The van der Waals surface area contributed by atoms with Crippen LogP contribution in [0.4, 0.5) is 0 Å². The Balaban J connectivity index is 1.53. The van der Waals surface area contributed by atoms with Gasteiger partial charge in [0.05, 0.1) is 11.6 Å². The van der Waals surface area contributed by atoms with E-state index in [-0.39, 0.29) is 12.5 Å². The van der Waals surface area contributed by atoms with Crippen LogP contribution in [0.2, 0.25) is 5.02 Å². The van der Waals surface area contributed by atoms with E-state index >= 15 is 0 Å². The van der Waals surface area contributed by atoms with Crippen LogP contribution in [0.3, 0.4) is 0 Å². The summed E-state index contributed by atoms with van der Waals surface area (Å²) in [7, 11) is 0. The summed E-state index contributed by atoms with van der Waals surface area (Å²) < 4.78 is 11.0. The number of ether oxygens (including phenoxy) is 1. The van der Waals surface area contributed by atoms with Crippen LogP contribution in [0.5, 0.6) is 5.75 Å². The smallest absolute Gasteiger partial charge is 0.258 e. The number of benzene rings is 2. The van der Waals surface area contributed by atoms with Crippen molar-refractivity contribution in [2.24, 2.45) is 0 Å². The Labute approximate surface area is 132 Å². The fourth-order valence-electron chi connectivity index (χ4n) is 2.07. The highest BCUT2D eigenvalue weighted by Crippen LogP contribution is 2.23. The first kappa shape index (κ1) is 14.5. The Kier molecular flexibility index (Phi) is 4.30. The number of para-hydroxylation sites is 2. The number of carbonyl (C=O) groups excluding carboxylic acids is 1. The number of fused-ring (bicyclic) bond motifs is 1.